The average Bonchev–Trinajstić information content (AvgIpc) is 2.74. The number of aryl methyl sites for hydroxylation is 1. The first-order valence-electron chi connectivity index (χ1n) is 4.65. The maximum atomic E-state index is 10.1. The second kappa shape index (κ2) is 4.37. The third kappa shape index (κ3) is 2.08. The molecule has 0 amide bonds. The maximum absolute atomic E-state index is 10.1. The molecule has 2 nitrogen and oxygen atoms in total. The summed E-state index contributed by atoms with van der Waals surface area (Å²) < 4.78 is 6.07. The van der Waals surface area contributed by atoms with Gasteiger partial charge in [0.15, 0.2) is 0 Å². The van der Waals surface area contributed by atoms with Crippen LogP contribution in [0.25, 0.3) is 0 Å². The summed E-state index contributed by atoms with van der Waals surface area (Å²) in [5.74, 6) is 0. The summed E-state index contributed by atoms with van der Waals surface area (Å²) in [7, 11) is 0. The topological polar surface area (TPSA) is 33.4 Å². The molecule has 1 N–H and O–H groups in total. The Labute approximate surface area is 102 Å². The molecular weight excluding hydrogens is 303 g/mol. The second-order valence-electron chi connectivity index (χ2n) is 3.44. The highest BCUT2D eigenvalue weighted by Crippen LogP contribution is 2.27. The Hall–Kier alpha value is -0.810. The van der Waals surface area contributed by atoms with Crippen molar-refractivity contribution in [2.75, 3.05) is 0 Å². The third-order valence-electron chi connectivity index (χ3n) is 2.38. The minimum atomic E-state index is -0.601. The van der Waals surface area contributed by atoms with Crippen LogP contribution in [0.1, 0.15) is 22.8 Å². The molecule has 1 aromatic heterocycles. The van der Waals surface area contributed by atoms with Crippen molar-refractivity contribution >= 4 is 22.6 Å². The fourth-order valence-corrected chi connectivity index (χ4v) is 2.15. The summed E-state index contributed by atoms with van der Waals surface area (Å²) in [4.78, 5) is 0. The minimum Gasteiger partial charge on any atom is -0.472 e. The number of aliphatic hydroxyl groups excluding tert-OH is 1. The van der Waals surface area contributed by atoms with Gasteiger partial charge in [-0.15, -0.1) is 0 Å². The SMILES string of the molecule is Cc1cccc(C(O)c2ccoc2)c1I. The highest BCUT2D eigenvalue weighted by Gasteiger charge is 2.15. The highest BCUT2D eigenvalue weighted by atomic mass is 127. The van der Waals surface area contributed by atoms with Gasteiger partial charge >= 0.3 is 0 Å². The van der Waals surface area contributed by atoms with Crippen molar-refractivity contribution in [2.45, 2.75) is 13.0 Å². The fourth-order valence-electron chi connectivity index (χ4n) is 1.49. The summed E-state index contributed by atoms with van der Waals surface area (Å²) in [5, 5.41) is 10.1. The van der Waals surface area contributed by atoms with Crippen LogP contribution >= 0.6 is 22.6 Å². The Morgan fingerprint density at radius 3 is 2.80 bits per heavy atom. The number of hydrogen-bond donors (Lipinski definition) is 1. The van der Waals surface area contributed by atoms with Crippen LogP contribution in [0.4, 0.5) is 0 Å². The van der Waals surface area contributed by atoms with Crippen LogP contribution in [0.2, 0.25) is 0 Å². The van der Waals surface area contributed by atoms with Crippen molar-refractivity contribution in [3.63, 3.8) is 0 Å². The van der Waals surface area contributed by atoms with Gasteiger partial charge < -0.3 is 9.52 Å². The molecule has 0 saturated heterocycles. The van der Waals surface area contributed by atoms with Crippen molar-refractivity contribution in [2.24, 2.45) is 0 Å². The number of hydrogen-bond acceptors (Lipinski definition) is 2. The monoisotopic (exact) mass is 314 g/mol. The Morgan fingerprint density at radius 2 is 2.13 bits per heavy atom. The Kier molecular flexibility index (Phi) is 3.11. The van der Waals surface area contributed by atoms with E-state index in [0.717, 1.165) is 14.7 Å². The molecule has 2 rings (SSSR count). The van der Waals surface area contributed by atoms with Gasteiger partial charge in [0.2, 0.25) is 0 Å². The predicted octanol–water partition coefficient (Wildman–Crippen LogP) is 3.27. The van der Waals surface area contributed by atoms with Crippen LogP contribution in [0.3, 0.4) is 0 Å². The standard InChI is InChI=1S/C12H11IO2/c1-8-3-2-4-10(11(8)13)12(14)9-5-6-15-7-9/h2-7,12,14H,1H3. The number of halogens is 1. The molecule has 0 saturated carbocycles. The third-order valence-corrected chi connectivity index (χ3v) is 3.85. The largest absolute Gasteiger partial charge is 0.472 e. The molecule has 2 aromatic rings. The van der Waals surface area contributed by atoms with Crippen molar-refractivity contribution < 1.29 is 9.52 Å². The van der Waals surface area contributed by atoms with E-state index in [1.54, 1.807) is 18.6 Å². The van der Waals surface area contributed by atoms with E-state index in [1.807, 2.05) is 25.1 Å². The van der Waals surface area contributed by atoms with Gasteiger partial charge in [-0.1, -0.05) is 18.2 Å². The number of aliphatic hydroxyl groups is 1. The van der Waals surface area contributed by atoms with Gasteiger partial charge in [0.25, 0.3) is 0 Å². The van der Waals surface area contributed by atoms with Crippen molar-refractivity contribution in [3.05, 3.63) is 57.1 Å². The number of benzene rings is 1. The zero-order valence-electron chi connectivity index (χ0n) is 8.27. The molecule has 0 aliphatic heterocycles. The Bertz CT molecular complexity index is 449. The van der Waals surface area contributed by atoms with Crippen molar-refractivity contribution in [1.29, 1.82) is 0 Å². The van der Waals surface area contributed by atoms with Gasteiger partial charge in [-0.25, -0.2) is 0 Å². The van der Waals surface area contributed by atoms with E-state index >= 15 is 0 Å². The van der Waals surface area contributed by atoms with Gasteiger partial charge in [0, 0.05) is 9.13 Å². The van der Waals surface area contributed by atoms with Crippen LogP contribution in [0, 0.1) is 10.5 Å². The van der Waals surface area contributed by atoms with Crippen LogP contribution in [0.15, 0.2) is 41.2 Å². The second-order valence-corrected chi connectivity index (χ2v) is 4.52. The molecule has 0 fully saturated rings. The number of furan rings is 1. The lowest BCUT2D eigenvalue weighted by Crippen LogP contribution is -2.01. The van der Waals surface area contributed by atoms with E-state index in [1.165, 1.54) is 5.56 Å². The number of rotatable bonds is 2. The highest BCUT2D eigenvalue weighted by molar-refractivity contribution is 14.1. The van der Waals surface area contributed by atoms with Crippen LogP contribution in [-0.4, -0.2) is 5.11 Å². The van der Waals surface area contributed by atoms with Crippen LogP contribution in [-0.2, 0) is 0 Å². The molecule has 0 spiro atoms. The van der Waals surface area contributed by atoms with E-state index in [9.17, 15) is 5.11 Å². The van der Waals surface area contributed by atoms with Gasteiger partial charge in [0.05, 0.1) is 12.5 Å². The molecule has 1 aromatic carbocycles. The minimum absolute atomic E-state index is 0.601. The van der Waals surface area contributed by atoms with Crippen molar-refractivity contribution in [3.8, 4) is 0 Å². The smallest absolute Gasteiger partial charge is 0.108 e. The molecule has 15 heavy (non-hydrogen) atoms. The van der Waals surface area contributed by atoms with Crippen LogP contribution in [0.5, 0.6) is 0 Å². The Balaban J connectivity index is 2.42. The van der Waals surface area contributed by atoms with Gasteiger partial charge in [-0.05, 0) is 46.7 Å². The first-order valence-corrected chi connectivity index (χ1v) is 5.73. The molecule has 1 unspecified atom stereocenters. The fraction of sp³-hybridized carbons (Fsp3) is 0.167. The first kappa shape index (κ1) is 10.7. The summed E-state index contributed by atoms with van der Waals surface area (Å²) in [6, 6.07) is 7.71. The maximum Gasteiger partial charge on any atom is 0.108 e. The van der Waals surface area contributed by atoms with E-state index in [2.05, 4.69) is 22.6 Å². The summed E-state index contributed by atoms with van der Waals surface area (Å²) in [6.07, 6.45) is 2.54. The summed E-state index contributed by atoms with van der Waals surface area (Å²) >= 11 is 2.25. The summed E-state index contributed by atoms with van der Waals surface area (Å²) in [5.41, 5.74) is 2.89. The molecule has 1 heterocycles. The van der Waals surface area contributed by atoms with Gasteiger partial charge in [0.1, 0.15) is 6.10 Å². The lowest BCUT2D eigenvalue weighted by Gasteiger charge is -2.12. The lowest BCUT2D eigenvalue weighted by atomic mass is 10.0. The molecule has 0 radical (unpaired) electrons. The van der Waals surface area contributed by atoms with E-state index in [-0.39, 0.29) is 0 Å². The van der Waals surface area contributed by atoms with Gasteiger partial charge in [-0.3, -0.25) is 0 Å². The average molecular weight is 314 g/mol. The summed E-state index contributed by atoms with van der Waals surface area (Å²) in [6.45, 7) is 2.04. The van der Waals surface area contributed by atoms with Crippen LogP contribution < -0.4 is 0 Å². The molecule has 1 atom stereocenters. The van der Waals surface area contributed by atoms with E-state index < -0.39 is 6.10 Å². The normalized spacial score (nSPS) is 12.7. The first-order chi connectivity index (χ1) is 7.20. The zero-order valence-corrected chi connectivity index (χ0v) is 10.4. The molecule has 0 aliphatic rings. The zero-order chi connectivity index (χ0) is 10.8. The molecule has 3 heteroatoms. The molecule has 0 aliphatic carbocycles. The Morgan fingerprint density at radius 1 is 1.33 bits per heavy atom. The van der Waals surface area contributed by atoms with Crippen molar-refractivity contribution in [1.82, 2.24) is 0 Å². The van der Waals surface area contributed by atoms with E-state index in [4.69, 9.17) is 4.42 Å². The van der Waals surface area contributed by atoms with E-state index in [0.29, 0.717) is 0 Å². The lowest BCUT2D eigenvalue weighted by molar-refractivity contribution is 0.218. The quantitative estimate of drug-likeness (QED) is 0.863. The molecule has 78 valence electrons. The predicted molar refractivity (Wildman–Crippen MR) is 66.7 cm³/mol. The molecular formula is C12H11IO2. The van der Waals surface area contributed by atoms with Gasteiger partial charge in [-0.2, -0.15) is 0 Å². The molecule has 0 bridgehead atoms.